The molecule has 1 N–H and O–H groups in total. The molecule has 0 aliphatic carbocycles. The molecule has 0 bridgehead atoms. The van der Waals surface area contributed by atoms with Crippen LogP contribution in [0.5, 0.6) is 0 Å². The van der Waals surface area contributed by atoms with Crippen LogP contribution in [0.4, 0.5) is 11.4 Å². The van der Waals surface area contributed by atoms with Gasteiger partial charge in [0.05, 0.1) is 33.8 Å². The lowest BCUT2D eigenvalue weighted by Crippen LogP contribution is -2.16. The van der Waals surface area contributed by atoms with E-state index in [9.17, 15) is 4.79 Å². The first-order chi connectivity index (χ1) is 11.8. The third-order valence-corrected chi connectivity index (χ3v) is 4.26. The third kappa shape index (κ3) is 3.56. The number of hydrogen-bond donors (Lipinski definition) is 1. The number of benzene rings is 2. The summed E-state index contributed by atoms with van der Waals surface area (Å²) in [4.78, 5) is 23.6. The summed E-state index contributed by atoms with van der Waals surface area (Å²) in [5.74, 6) is -0.215. The Morgan fingerprint density at radius 2 is 1.68 bits per heavy atom. The predicted octanol–water partition coefficient (Wildman–Crippen LogP) is 4.22. The van der Waals surface area contributed by atoms with E-state index in [1.807, 2.05) is 45.0 Å². The first kappa shape index (κ1) is 17.2. The number of aryl methyl sites for hydroxylation is 2. The average molecular weight is 355 g/mol. The van der Waals surface area contributed by atoms with Gasteiger partial charge in [0.15, 0.2) is 0 Å². The standard InChI is InChI=1S/C19H19ClN4O/c1-11-12(2)22-16-9-13(5-7-15(16)21-11)19(25)23-17-10-14(20)6-8-18(17)24(3)4/h5-10H,1-4H3,(H,23,25). The van der Waals surface area contributed by atoms with Crippen molar-refractivity contribution in [1.29, 1.82) is 0 Å². The predicted molar refractivity (Wildman–Crippen MR) is 103 cm³/mol. The van der Waals surface area contributed by atoms with E-state index >= 15 is 0 Å². The van der Waals surface area contributed by atoms with Crippen LogP contribution in [0.3, 0.4) is 0 Å². The summed E-state index contributed by atoms with van der Waals surface area (Å²) >= 11 is 6.07. The summed E-state index contributed by atoms with van der Waals surface area (Å²) < 4.78 is 0. The number of aromatic nitrogens is 2. The van der Waals surface area contributed by atoms with Crippen LogP contribution in [0.15, 0.2) is 36.4 Å². The van der Waals surface area contributed by atoms with Crippen LogP contribution in [0, 0.1) is 13.8 Å². The Bertz CT molecular complexity index is 969. The SMILES string of the molecule is Cc1nc2ccc(C(=O)Nc3cc(Cl)ccc3N(C)C)cc2nc1C. The van der Waals surface area contributed by atoms with E-state index in [2.05, 4.69) is 15.3 Å². The molecule has 0 unspecified atom stereocenters. The van der Waals surface area contributed by atoms with Crippen molar-refractivity contribution in [3.8, 4) is 0 Å². The lowest BCUT2D eigenvalue weighted by molar-refractivity contribution is 0.102. The normalized spacial score (nSPS) is 10.8. The maximum absolute atomic E-state index is 12.7. The van der Waals surface area contributed by atoms with E-state index in [-0.39, 0.29) is 5.91 Å². The zero-order chi connectivity index (χ0) is 18.1. The van der Waals surface area contributed by atoms with Crippen molar-refractivity contribution < 1.29 is 4.79 Å². The van der Waals surface area contributed by atoms with E-state index in [4.69, 9.17) is 11.6 Å². The molecule has 2 aromatic carbocycles. The van der Waals surface area contributed by atoms with Gasteiger partial charge < -0.3 is 10.2 Å². The van der Waals surface area contributed by atoms with Gasteiger partial charge in [0.1, 0.15) is 0 Å². The summed E-state index contributed by atoms with van der Waals surface area (Å²) in [6.45, 7) is 3.83. The number of halogens is 1. The molecule has 1 amide bonds. The maximum atomic E-state index is 12.7. The Kier molecular flexibility index (Phi) is 4.59. The number of rotatable bonds is 3. The number of nitrogens with one attached hydrogen (secondary N) is 1. The Hall–Kier alpha value is -2.66. The molecule has 25 heavy (non-hydrogen) atoms. The molecule has 5 nitrogen and oxygen atoms in total. The number of hydrogen-bond acceptors (Lipinski definition) is 4. The van der Waals surface area contributed by atoms with Crippen molar-refractivity contribution >= 4 is 39.9 Å². The van der Waals surface area contributed by atoms with Crippen molar-refractivity contribution in [3.05, 3.63) is 58.4 Å². The smallest absolute Gasteiger partial charge is 0.255 e. The largest absolute Gasteiger partial charge is 0.376 e. The molecule has 0 saturated carbocycles. The highest BCUT2D eigenvalue weighted by Gasteiger charge is 2.12. The molecule has 0 aliphatic rings. The van der Waals surface area contributed by atoms with E-state index in [0.717, 1.165) is 22.6 Å². The second-order valence-corrected chi connectivity index (χ2v) is 6.54. The van der Waals surface area contributed by atoms with Crippen LogP contribution >= 0.6 is 11.6 Å². The van der Waals surface area contributed by atoms with Gasteiger partial charge in [-0.05, 0) is 50.2 Å². The number of amides is 1. The van der Waals surface area contributed by atoms with E-state index < -0.39 is 0 Å². The fraction of sp³-hybridized carbons (Fsp3) is 0.211. The van der Waals surface area contributed by atoms with E-state index in [1.165, 1.54) is 0 Å². The molecule has 6 heteroatoms. The monoisotopic (exact) mass is 354 g/mol. The Morgan fingerprint density at radius 3 is 2.36 bits per heavy atom. The molecule has 0 radical (unpaired) electrons. The fourth-order valence-electron chi connectivity index (χ4n) is 2.56. The summed E-state index contributed by atoms with van der Waals surface area (Å²) in [5, 5.41) is 3.49. The Balaban J connectivity index is 1.95. The molecular weight excluding hydrogens is 336 g/mol. The van der Waals surface area contributed by atoms with Gasteiger partial charge in [-0.3, -0.25) is 4.79 Å². The summed E-state index contributed by atoms with van der Waals surface area (Å²) in [7, 11) is 3.82. The maximum Gasteiger partial charge on any atom is 0.255 e. The molecule has 0 fully saturated rings. The highest BCUT2D eigenvalue weighted by atomic mass is 35.5. The number of carbonyl (C=O) groups is 1. The van der Waals surface area contributed by atoms with Crippen molar-refractivity contribution in [2.45, 2.75) is 13.8 Å². The summed E-state index contributed by atoms with van der Waals surface area (Å²) in [6, 6.07) is 10.7. The molecule has 1 heterocycles. The minimum absolute atomic E-state index is 0.215. The Morgan fingerprint density at radius 1 is 1.00 bits per heavy atom. The Labute approximate surface area is 151 Å². The van der Waals surface area contributed by atoms with Crippen LogP contribution in [-0.2, 0) is 0 Å². The third-order valence-electron chi connectivity index (χ3n) is 4.03. The van der Waals surface area contributed by atoms with E-state index in [0.29, 0.717) is 21.8 Å². The van der Waals surface area contributed by atoms with Gasteiger partial charge in [0, 0.05) is 24.7 Å². The van der Waals surface area contributed by atoms with Gasteiger partial charge in [-0.25, -0.2) is 9.97 Å². The van der Waals surface area contributed by atoms with Crippen molar-refractivity contribution in [1.82, 2.24) is 9.97 Å². The average Bonchev–Trinajstić information content (AvgIpc) is 2.55. The van der Waals surface area contributed by atoms with Crippen LogP contribution < -0.4 is 10.2 Å². The van der Waals surface area contributed by atoms with Gasteiger partial charge >= 0.3 is 0 Å². The number of anilines is 2. The van der Waals surface area contributed by atoms with Gasteiger partial charge in [0.2, 0.25) is 0 Å². The lowest BCUT2D eigenvalue weighted by atomic mass is 10.1. The zero-order valence-corrected chi connectivity index (χ0v) is 15.3. The molecule has 0 saturated heterocycles. The van der Waals surface area contributed by atoms with Crippen LogP contribution in [0.25, 0.3) is 11.0 Å². The molecule has 0 spiro atoms. The molecule has 128 valence electrons. The summed E-state index contributed by atoms with van der Waals surface area (Å²) in [6.07, 6.45) is 0. The number of nitrogens with zero attached hydrogens (tertiary/aromatic N) is 3. The van der Waals surface area contributed by atoms with Crippen LogP contribution in [0.1, 0.15) is 21.7 Å². The van der Waals surface area contributed by atoms with Gasteiger partial charge in [0.25, 0.3) is 5.91 Å². The van der Waals surface area contributed by atoms with Gasteiger partial charge in [-0.2, -0.15) is 0 Å². The van der Waals surface area contributed by atoms with Gasteiger partial charge in [-0.1, -0.05) is 11.6 Å². The molecule has 1 aromatic heterocycles. The molecule has 3 rings (SSSR count). The second kappa shape index (κ2) is 6.69. The van der Waals surface area contributed by atoms with Crippen LogP contribution in [0.2, 0.25) is 5.02 Å². The first-order valence-electron chi connectivity index (χ1n) is 7.88. The topological polar surface area (TPSA) is 58.1 Å². The fourth-order valence-corrected chi connectivity index (χ4v) is 2.74. The lowest BCUT2D eigenvalue weighted by Gasteiger charge is -2.18. The minimum Gasteiger partial charge on any atom is -0.376 e. The van der Waals surface area contributed by atoms with Crippen molar-refractivity contribution in [2.24, 2.45) is 0 Å². The van der Waals surface area contributed by atoms with Crippen molar-refractivity contribution in [2.75, 3.05) is 24.3 Å². The quantitative estimate of drug-likeness (QED) is 0.765. The van der Waals surface area contributed by atoms with E-state index in [1.54, 1.807) is 24.3 Å². The van der Waals surface area contributed by atoms with Crippen LogP contribution in [-0.4, -0.2) is 30.0 Å². The number of fused-ring (bicyclic) bond motifs is 1. The molecular formula is C19H19ClN4O. The number of carbonyl (C=O) groups excluding carboxylic acids is 1. The molecule has 3 aromatic rings. The molecule has 0 atom stereocenters. The highest BCUT2D eigenvalue weighted by molar-refractivity contribution is 6.31. The summed E-state index contributed by atoms with van der Waals surface area (Å²) in [5.41, 5.74) is 5.29. The second-order valence-electron chi connectivity index (χ2n) is 6.11. The van der Waals surface area contributed by atoms with Gasteiger partial charge in [-0.15, -0.1) is 0 Å². The van der Waals surface area contributed by atoms with Crippen molar-refractivity contribution in [3.63, 3.8) is 0 Å². The first-order valence-corrected chi connectivity index (χ1v) is 8.26. The minimum atomic E-state index is -0.215. The zero-order valence-electron chi connectivity index (χ0n) is 14.6. The highest BCUT2D eigenvalue weighted by Crippen LogP contribution is 2.28. The molecule has 0 aliphatic heterocycles.